The van der Waals surface area contributed by atoms with Crippen molar-refractivity contribution in [1.82, 2.24) is 9.97 Å². The molecular weight excluding hydrogens is 272 g/mol. The molecule has 2 rings (SSSR count). The fourth-order valence-electron chi connectivity index (χ4n) is 2.51. The summed E-state index contributed by atoms with van der Waals surface area (Å²) in [6.45, 7) is 9.34. The zero-order valence-corrected chi connectivity index (χ0v) is 13.8. The Bertz CT molecular complexity index is 577. The van der Waals surface area contributed by atoms with E-state index in [1.165, 1.54) is 11.1 Å². The zero-order valence-electron chi connectivity index (χ0n) is 13.8. The van der Waals surface area contributed by atoms with Gasteiger partial charge in [-0.3, -0.25) is 0 Å². The lowest BCUT2D eigenvalue weighted by atomic mass is 10.1. The largest absolute Gasteiger partial charge is 0.366 e. The molecule has 0 atom stereocenters. The van der Waals surface area contributed by atoms with Gasteiger partial charge in [-0.15, -0.1) is 0 Å². The van der Waals surface area contributed by atoms with Crippen LogP contribution in [0, 0.1) is 6.92 Å². The summed E-state index contributed by atoms with van der Waals surface area (Å²) in [5.41, 5.74) is 2.54. The molecule has 1 aromatic carbocycles. The van der Waals surface area contributed by atoms with Gasteiger partial charge in [0.1, 0.15) is 18.0 Å². The van der Waals surface area contributed by atoms with E-state index in [9.17, 15) is 0 Å². The number of nitrogens with zero attached hydrogens (tertiary/aromatic N) is 3. The number of nitrogens with one attached hydrogen (secondary N) is 1. The van der Waals surface area contributed by atoms with Gasteiger partial charge in [-0.2, -0.15) is 0 Å². The fraction of sp³-hybridized carbons (Fsp3) is 0.444. The molecule has 4 nitrogen and oxygen atoms in total. The molecule has 0 aliphatic heterocycles. The third-order valence-electron chi connectivity index (χ3n) is 3.52. The first kappa shape index (κ1) is 16.3. The molecule has 0 saturated carbocycles. The lowest BCUT2D eigenvalue weighted by molar-refractivity contribution is 0.732. The quantitative estimate of drug-likeness (QED) is 0.799. The molecule has 0 saturated heterocycles. The second-order valence-electron chi connectivity index (χ2n) is 5.59. The Labute approximate surface area is 133 Å². The first-order chi connectivity index (χ1) is 10.7. The Balaban J connectivity index is 2.04. The number of anilines is 2. The van der Waals surface area contributed by atoms with Crippen LogP contribution in [0.1, 0.15) is 37.8 Å². The number of hydrogen-bond donors (Lipinski definition) is 1. The summed E-state index contributed by atoms with van der Waals surface area (Å²) in [6, 6.07) is 10.6. The van der Waals surface area contributed by atoms with Crippen LogP contribution in [0.3, 0.4) is 0 Å². The van der Waals surface area contributed by atoms with Crippen molar-refractivity contribution in [2.24, 2.45) is 0 Å². The fourth-order valence-corrected chi connectivity index (χ4v) is 2.51. The second kappa shape index (κ2) is 8.37. The van der Waals surface area contributed by atoms with E-state index in [1.54, 1.807) is 6.33 Å². The highest BCUT2D eigenvalue weighted by atomic mass is 15.2. The molecule has 0 amide bonds. The van der Waals surface area contributed by atoms with Gasteiger partial charge in [0.25, 0.3) is 0 Å². The average molecular weight is 298 g/mol. The van der Waals surface area contributed by atoms with E-state index in [1.807, 2.05) is 6.07 Å². The van der Waals surface area contributed by atoms with E-state index in [4.69, 9.17) is 0 Å². The summed E-state index contributed by atoms with van der Waals surface area (Å²) in [5.74, 6) is 1.88. The maximum Gasteiger partial charge on any atom is 0.134 e. The predicted molar refractivity (Wildman–Crippen MR) is 93.3 cm³/mol. The first-order valence-electron chi connectivity index (χ1n) is 8.09. The highest BCUT2D eigenvalue weighted by Crippen LogP contribution is 2.16. The van der Waals surface area contributed by atoms with Gasteiger partial charge in [0.2, 0.25) is 0 Å². The summed E-state index contributed by atoms with van der Waals surface area (Å²) >= 11 is 0. The van der Waals surface area contributed by atoms with Gasteiger partial charge in [-0.1, -0.05) is 43.7 Å². The smallest absolute Gasteiger partial charge is 0.134 e. The molecule has 0 aliphatic rings. The normalized spacial score (nSPS) is 10.5. The van der Waals surface area contributed by atoms with Crippen LogP contribution in [0.15, 0.2) is 36.7 Å². The highest BCUT2D eigenvalue weighted by Gasteiger charge is 2.07. The lowest BCUT2D eigenvalue weighted by Gasteiger charge is -2.22. The molecule has 0 fully saturated rings. The van der Waals surface area contributed by atoms with Crippen LogP contribution in [0.4, 0.5) is 11.6 Å². The van der Waals surface area contributed by atoms with Crippen molar-refractivity contribution in [3.8, 4) is 0 Å². The van der Waals surface area contributed by atoms with Crippen LogP contribution in [0.25, 0.3) is 0 Å². The first-order valence-corrected chi connectivity index (χ1v) is 8.09. The van der Waals surface area contributed by atoms with E-state index in [2.05, 4.69) is 65.2 Å². The summed E-state index contributed by atoms with van der Waals surface area (Å²) in [4.78, 5) is 11.1. The van der Waals surface area contributed by atoms with Crippen LogP contribution < -0.4 is 10.2 Å². The summed E-state index contributed by atoms with van der Waals surface area (Å²) in [5, 5.41) is 3.39. The number of aromatic nitrogens is 2. The number of benzene rings is 1. The summed E-state index contributed by atoms with van der Waals surface area (Å²) in [6.07, 6.45) is 3.89. The van der Waals surface area contributed by atoms with Crippen molar-refractivity contribution >= 4 is 11.6 Å². The standard InChI is InChI=1S/C18H26N4/c1-4-9-22(10-5-2)18-12-17(20-14-21-18)19-13-16-8-6-7-15(3)11-16/h6-8,11-12,14H,4-5,9-10,13H2,1-3H3,(H,19,20,21). The Kier molecular flexibility index (Phi) is 6.19. The van der Waals surface area contributed by atoms with E-state index in [0.29, 0.717) is 0 Å². The topological polar surface area (TPSA) is 41.0 Å². The molecule has 0 radical (unpaired) electrons. The van der Waals surface area contributed by atoms with E-state index in [-0.39, 0.29) is 0 Å². The minimum atomic E-state index is 0.777. The maximum atomic E-state index is 4.42. The molecule has 1 N–H and O–H groups in total. The monoisotopic (exact) mass is 298 g/mol. The van der Waals surface area contributed by atoms with Crippen molar-refractivity contribution in [2.75, 3.05) is 23.3 Å². The second-order valence-corrected chi connectivity index (χ2v) is 5.59. The average Bonchev–Trinajstić information content (AvgIpc) is 2.53. The van der Waals surface area contributed by atoms with Crippen LogP contribution in [-0.2, 0) is 6.54 Å². The minimum Gasteiger partial charge on any atom is -0.366 e. The molecule has 22 heavy (non-hydrogen) atoms. The SMILES string of the molecule is CCCN(CCC)c1cc(NCc2cccc(C)c2)ncn1. The van der Waals surface area contributed by atoms with Gasteiger partial charge in [-0.05, 0) is 25.3 Å². The Morgan fingerprint density at radius 1 is 1.05 bits per heavy atom. The number of aryl methyl sites for hydroxylation is 1. The van der Waals surface area contributed by atoms with E-state index >= 15 is 0 Å². The molecule has 2 aromatic rings. The Morgan fingerprint density at radius 3 is 2.50 bits per heavy atom. The van der Waals surface area contributed by atoms with Gasteiger partial charge in [0.15, 0.2) is 0 Å². The number of hydrogen-bond acceptors (Lipinski definition) is 4. The molecule has 0 bridgehead atoms. The molecule has 4 heteroatoms. The number of rotatable bonds is 8. The Hall–Kier alpha value is -2.10. The molecule has 0 aliphatic carbocycles. The zero-order chi connectivity index (χ0) is 15.8. The van der Waals surface area contributed by atoms with Crippen molar-refractivity contribution < 1.29 is 0 Å². The lowest BCUT2D eigenvalue weighted by Crippen LogP contribution is -2.26. The molecule has 0 spiro atoms. The van der Waals surface area contributed by atoms with Gasteiger partial charge >= 0.3 is 0 Å². The van der Waals surface area contributed by atoms with Crippen molar-refractivity contribution in [1.29, 1.82) is 0 Å². The van der Waals surface area contributed by atoms with Crippen LogP contribution in [-0.4, -0.2) is 23.1 Å². The molecule has 0 unspecified atom stereocenters. The van der Waals surface area contributed by atoms with Gasteiger partial charge in [-0.25, -0.2) is 9.97 Å². The van der Waals surface area contributed by atoms with Gasteiger partial charge in [0.05, 0.1) is 0 Å². The van der Waals surface area contributed by atoms with Crippen LogP contribution in [0.5, 0.6) is 0 Å². The molecule has 1 aromatic heterocycles. The third kappa shape index (κ3) is 4.72. The highest BCUT2D eigenvalue weighted by molar-refractivity contribution is 5.48. The van der Waals surface area contributed by atoms with Gasteiger partial charge < -0.3 is 10.2 Å². The molecular formula is C18H26N4. The van der Waals surface area contributed by atoms with Crippen LogP contribution in [0.2, 0.25) is 0 Å². The van der Waals surface area contributed by atoms with E-state index in [0.717, 1.165) is 44.1 Å². The molecule has 118 valence electrons. The van der Waals surface area contributed by atoms with E-state index < -0.39 is 0 Å². The predicted octanol–water partition coefficient (Wildman–Crippen LogP) is 4.02. The van der Waals surface area contributed by atoms with Crippen molar-refractivity contribution in [3.05, 3.63) is 47.8 Å². The summed E-state index contributed by atoms with van der Waals surface area (Å²) in [7, 11) is 0. The van der Waals surface area contributed by atoms with Crippen molar-refractivity contribution in [3.63, 3.8) is 0 Å². The summed E-state index contributed by atoms with van der Waals surface area (Å²) < 4.78 is 0. The third-order valence-corrected chi connectivity index (χ3v) is 3.52. The molecule has 1 heterocycles. The van der Waals surface area contributed by atoms with Crippen molar-refractivity contribution in [2.45, 2.75) is 40.2 Å². The minimum absolute atomic E-state index is 0.777. The maximum absolute atomic E-state index is 4.42. The van der Waals surface area contributed by atoms with Crippen LogP contribution >= 0.6 is 0 Å². The van der Waals surface area contributed by atoms with Gasteiger partial charge in [0, 0.05) is 25.7 Å². The Morgan fingerprint density at radius 2 is 1.82 bits per heavy atom.